The van der Waals surface area contributed by atoms with Crippen molar-refractivity contribution in [2.45, 2.75) is 19.4 Å². The normalized spacial score (nSPS) is 13.5. The number of hydrogen-bond donors (Lipinski definition) is 2. The van der Waals surface area contributed by atoms with E-state index in [2.05, 4.69) is 0 Å². The maximum atomic E-state index is 10.4. The van der Waals surface area contributed by atoms with E-state index in [0.717, 1.165) is 0 Å². The summed E-state index contributed by atoms with van der Waals surface area (Å²) in [4.78, 5) is 12.4. The van der Waals surface area contributed by atoms with E-state index in [1.807, 2.05) is 18.9 Å². The van der Waals surface area contributed by atoms with Gasteiger partial charge in [-0.15, -0.1) is 0 Å². The zero-order chi connectivity index (χ0) is 8.85. The predicted octanol–water partition coefficient (Wildman–Crippen LogP) is -0.859. The Labute approximate surface area is 67.5 Å². The molecule has 0 aromatic carbocycles. The lowest BCUT2D eigenvalue weighted by atomic mass is 10.3. The molecule has 1 atom stereocenters. The van der Waals surface area contributed by atoms with Gasteiger partial charge in [0.1, 0.15) is 0 Å². The van der Waals surface area contributed by atoms with Crippen LogP contribution in [0.5, 0.6) is 0 Å². The Morgan fingerprint density at radius 3 is 2.55 bits per heavy atom. The number of carbonyl (C=O) groups is 1. The Morgan fingerprint density at radius 1 is 1.64 bits per heavy atom. The van der Waals surface area contributed by atoms with Gasteiger partial charge in [0.25, 0.3) is 0 Å². The van der Waals surface area contributed by atoms with E-state index in [9.17, 15) is 4.79 Å². The van der Waals surface area contributed by atoms with Crippen LogP contribution < -0.4 is 11.5 Å². The molecular weight excluding hydrogens is 142 g/mol. The zero-order valence-electron chi connectivity index (χ0n) is 7.21. The minimum atomic E-state index is -0.263. The summed E-state index contributed by atoms with van der Waals surface area (Å²) in [5.74, 6) is -0.263. The second kappa shape index (κ2) is 5.09. The summed E-state index contributed by atoms with van der Waals surface area (Å²) >= 11 is 0. The highest BCUT2D eigenvalue weighted by molar-refractivity contribution is 5.73. The van der Waals surface area contributed by atoms with Crippen LogP contribution in [0.4, 0.5) is 0 Å². The quantitative estimate of drug-likeness (QED) is 0.548. The van der Waals surface area contributed by atoms with Gasteiger partial charge in [-0.1, -0.05) is 0 Å². The SMILES string of the molecule is CC(CN)N(C)CCC(N)=O. The highest BCUT2D eigenvalue weighted by atomic mass is 16.1. The monoisotopic (exact) mass is 159 g/mol. The van der Waals surface area contributed by atoms with Crippen molar-refractivity contribution in [3.8, 4) is 0 Å². The molecule has 0 aliphatic carbocycles. The van der Waals surface area contributed by atoms with Crippen molar-refractivity contribution in [3.63, 3.8) is 0 Å². The lowest BCUT2D eigenvalue weighted by Gasteiger charge is -2.22. The fourth-order valence-corrected chi connectivity index (χ4v) is 0.687. The van der Waals surface area contributed by atoms with Gasteiger partial charge in [0.05, 0.1) is 0 Å². The molecule has 0 aliphatic rings. The minimum absolute atomic E-state index is 0.263. The number of likely N-dealkylation sites (N-methyl/N-ethyl adjacent to an activating group) is 1. The van der Waals surface area contributed by atoms with E-state index < -0.39 is 0 Å². The molecule has 1 amide bonds. The van der Waals surface area contributed by atoms with Crippen LogP contribution in [0.3, 0.4) is 0 Å². The first-order valence-electron chi connectivity index (χ1n) is 3.76. The molecule has 0 aliphatic heterocycles. The molecule has 0 radical (unpaired) electrons. The van der Waals surface area contributed by atoms with Gasteiger partial charge in [0, 0.05) is 25.6 Å². The first-order valence-corrected chi connectivity index (χ1v) is 3.76. The van der Waals surface area contributed by atoms with Crippen molar-refractivity contribution >= 4 is 5.91 Å². The number of rotatable bonds is 5. The minimum Gasteiger partial charge on any atom is -0.370 e. The van der Waals surface area contributed by atoms with Gasteiger partial charge < -0.3 is 16.4 Å². The second-order valence-electron chi connectivity index (χ2n) is 2.78. The number of primary amides is 1. The van der Waals surface area contributed by atoms with Gasteiger partial charge in [-0.3, -0.25) is 4.79 Å². The van der Waals surface area contributed by atoms with Gasteiger partial charge in [-0.05, 0) is 14.0 Å². The van der Waals surface area contributed by atoms with Crippen molar-refractivity contribution in [2.24, 2.45) is 11.5 Å². The summed E-state index contributed by atoms with van der Waals surface area (Å²) in [6, 6.07) is 0.314. The van der Waals surface area contributed by atoms with E-state index in [4.69, 9.17) is 11.5 Å². The molecule has 4 N–H and O–H groups in total. The van der Waals surface area contributed by atoms with Gasteiger partial charge in [-0.2, -0.15) is 0 Å². The van der Waals surface area contributed by atoms with E-state index in [1.54, 1.807) is 0 Å². The molecule has 66 valence electrons. The van der Waals surface area contributed by atoms with Crippen molar-refractivity contribution in [2.75, 3.05) is 20.1 Å². The zero-order valence-corrected chi connectivity index (χ0v) is 7.21. The molecule has 0 aromatic heterocycles. The number of nitrogens with two attached hydrogens (primary N) is 2. The van der Waals surface area contributed by atoms with Crippen LogP contribution in [-0.4, -0.2) is 37.0 Å². The number of nitrogens with zero attached hydrogens (tertiary/aromatic N) is 1. The van der Waals surface area contributed by atoms with Gasteiger partial charge in [0.15, 0.2) is 0 Å². The van der Waals surface area contributed by atoms with Gasteiger partial charge in [0.2, 0.25) is 5.91 Å². The topological polar surface area (TPSA) is 72.3 Å². The van der Waals surface area contributed by atoms with Crippen LogP contribution in [0, 0.1) is 0 Å². The average Bonchev–Trinajstić information content (AvgIpc) is 1.98. The van der Waals surface area contributed by atoms with Crippen molar-refractivity contribution < 1.29 is 4.79 Å². The molecule has 4 nitrogen and oxygen atoms in total. The first kappa shape index (κ1) is 10.4. The summed E-state index contributed by atoms with van der Waals surface area (Å²) in [6.07, 6.45) is 0.404. The summed E-state index contributed by atoms with van der Waals surface area (Å²) in [5, 5.41) is 0. The standard InChI is InChI=1S/C7H17N3O/c1-6(5-8)10(2)4-3-7(9)11/h6H,3-5,8H2,1-2H3,(H2,9,11). The molecule has 0 saturated heterocycles. The van der Waals surface area contributed by atoms with E-state index in [0.29, 0.717) is 25.6 Å². The smallest absolute Gasteiger partial charge is 0.218 e. The lowest BCUT2D eigenvalue weighted by Crippen LogP contribution is -2.37. The summed E-state index contributed by atoms with van der Waals surface area (Å²) in [7, 11) is 1.93. The Balaban J connectivity index is 3.51. The number of carbonyl (C=O) groups excluding carboxylic acids is 1. The Morgan fingerprint density at radius 2 is 2.18 bits per heavy atom. The van der Waals surface area contributed by atoms with E-state index in [1.165, 1.54) is 0 Å². The van der Waals surface area contributed by atoms with Crippen molar-refractivity contribution in [1.82, 2.24) is 4.90 Å². The second-order valence-corrected chi connectivity index (χ2v) is 2.78. The molecule has 0 rings (SSSR count). The molecule has 1 unspecified atom stereocenters. The maximum absolute atomic E-state index is 10.4. The predicted molar refractivity (Wildman–Crippen MR) is 45.0 cm³/mol. The third-order valence-electron chi connectivity index (χ3n) is 1.80. The Kier molecular flexibility index (Phi) is 4.81. The van der Waals surface area contributed by atoms with Crippen LogP contribution >= 0.6 is 0 Å². The molecule has 0 aromatic rings. The largest absolute Gasteiger partial charge is 0.370 e. The molecule has 0 saturated carbocycles. The lowest BCUT2D eigenvalue weighted by molar-refractivity contribution is -0.118. The van der Waals surface area contributed by atoms with Crippen LogP contribution in [0.2, 0.25) is 0 Å². The number of amides is 1. The molecule has 0 fully saturated rings. The average molecular weight is 159 g/mol. The Hall–Kier alpha value is -0.610. The van der Waals surface area contributed by atoms with Crippen molar-refractivity contribution in [1.29, 1.82) is 0 Å². The van der Waals surface area contributed by atoms with E-state index in [-0.39, 0.29) is 5.91 Å². The molecular formula is C7H17N3O. The molecule has 11 heavy (non-hydrogen) atoms. The van der Waals surface area contributed by atoms with E-state index >= 15 is 0 Å². The maximum Gasteiger partial charge on any atom is 0.218 e. The van der Waals surface area contributed by atoms with Crippen LogP contribution in [0.1, 0.15) is 13.3 Å². The van der Waals surface area contributed by atoms with Crippen LogP contribution in [0.15, 0.2) is 0 Å². The molecule has 0 spiro atoms. The first-order chi connectivity index (χ1) is 5.07. The Bertz CT molecular complexity index is 127. The summed E-state index contributed by atoms with van der Waals surface area (Å²) < 4.78 is 0. The van der Waals surface area contributed by atoms with Crippen molar-refractivity contribution in [3.05, 3.63) is 0 Å². The fraction of sp³-hybridized carbons (Fsp3) is 0.857. The van der Waals surface area contributed by atoms with Gasteiger partial charge >= 0.3 is 0 Å². The number of hydrogen-bond acceptors (Lipinski definition) is 3. The highest BCUT2D eigenvalue weighted by Gasteiger charge is 2.06. The summed E-state index contributed by atoms with van der Waals surface area (Å²) in [6.45, 7) is 3.31. The van der Waals surface area contributed by atoms with Crippen LogP contribution in [-0.2, 0) is 4.79 Å². The molecule has 0 bridgehead atoms. The highest BCUT2D eigenvalue weighted by Crippen LogP contribution is 1.93. The molecule has 0 heterocycles. The fourth-order valence-electron chi connectivity index (χ4n) is 0.687. The van der Waals surface area contributed by atoms with Gasteiger partial charge in [-0.25, -0.2) is 0 Å². The third-order valence-corrected chi connectivity index (χ3v) is 1.80. The summed E-state index contributed by atoms with van der Waals surface area (Å²) in [5.41, 5.74) is 10.4. The third kappa shape index (κ3) is 4.75. The van der Waals surface area contributed by atoms with Crippen LogP contribution in [0.25, 0.3) is 0 Å². The molecule has 4 heteroatoms.